The molecule has 0 bridgehead atoms. The molecule has 3 aromatic rings. The first-order chi connectivity index (χ1) is 14.9. The minimum Gasteiger partial charge on any atom is -0.374 e. The molecule has 0 amide bonds. The lowest BCUT2D eigenvalue weighted by Crippen LogP contribution is -2.40. The van der Waals surface area contributed by atoms with Gasteiger partial charge in [0.05, 0.1) is 25.9 Å². The number of benzene rings is 3. The van der Waals surface area contributed by atoms with Gasteiger partial charge >= 0.3 is 0 Å². The van der Waals surface area contributed by atoms with Gasteiger partial charge < -0.3 is 14.2 Å². The van der Waals surface area contributed by atoms with Crippen LogP contribution >= 0.6 is 0 Å². The lowest BCUT2D eigenvalue weighted by molar-refractivity contribution is -0.118. The molecule has 1 aliphatic heterocycles. The Bertz CT molecular complexity index is 893. The third kappa shape index (κ3) is 6.14. The minimum absolute atomic E-state index is 0.0225. The van der Waals surface area contributed by atoms with Gasteiger partial charge in [0.1, 0.15) is 12.2 Å². The van der Waals surface area contributed by atoms with E-state index in [1.165, 1.54) is 5.56 Å². The number of ether oxygens (including phenoxy) is 3. The zero-order valence-corrected chi connectivity index (χ0v) is 17.1. The van der Waals surface area contributed by atoms with E-state index in [0.717, 1.165) is 17.5 Å². The second kappa shape index (κ2) is 10.9. The molecule has 154 valence electrons. The molecule has 0 unspecified atom stereocenters. The van der Waals surface area contributed by atoms with E-state index in [4.69, 9.17) is 14.2 Å². The van der Waals surface area contributed by atoms with Crippen LogP contribution in [0.5, 0.6) is 0 Å². The third-order valence-corrected chi connectivity index (χ3v) is 5.19. The molecule has 1 heterocycles. The molecule has 0 saturated heterocycles. The number of hydrogen-bond donors (Lipinski definition) is 0. The van der Waals surface area contributed by atoms with Crippen LogP contribution in [0.25, 0.3) is 0 Å². The van der Waals surface area contributed by atoms with Crippen LogP contribution < -0.4 is 0 Å². The summed E-state index contributed by atoms with van der Waals surface area (Å²) in [5, 5.41) is 0. The molecule has 3 aromatic carbocycles. The lowest BCUT2D eigenvalue weighted by Gasteiger charge is -2.32. The highest BCUT2D eigenvalue weighted by Gasteiger charge is 2.28. The maximum atomic E-state index is 6.39. The van der Waals surface area contributed by atoms with Gasteiger partial charge in [0.25, 0.3) is 0 Å². The smallest absolute Gasteiger partial charge is 0.111 e. The summed E-state index contributed by atoms with van der Waals surface area (Å²) >= 11 is 0. The van der Waals surface area contributed by atoms with Crippen molar-refractivity contribution in [1.82, 2.24) is 0 Å². The second-order valence-electron chi connectivity index (χ2n) is 7.55. The lowest BCUT2D eigenvalue weighted by atomic mass is 10.0. The summed E-state index contributed by atoms with van der Waals surface area (Å²) in [4.78, 5) is 0. The Morgan fingerprint density at radius 1 is 0.633 bits per heavy atom. The van der Waals surface area contributed by atoms with Crippen LogP contribution in [0.3, 0.4) is 0 Å². The molecule has 0 aliphatic carbocycles. The Hall–Kier alpha value is -2.72. The topological polar surface area (TPSA) is 27.7 Å². The predicted molar refractivity (Wildman–Crippen MR) is 119 cm³/mol. The molecule has 0 saturated carbocycles. The van der Waals surface area contributed by atoms with Crippen molar-refractivity contribution in [2.75, 3.05) is 6.61 Å². The highest BCUT2D eigenvalue weighted by Crippen LogP contribution is 2.21. The highest BCUT2D eigenvalue weighted by molar-refractivity contribution is 5.18. The average Bonchev–Trinajstić information content (AvgIpc) is 2.81. The molecule has 0 radical (unpaired) electrons. The first kappa shape index (κ1) is 20.5. The SMILES string of the molecule is C1=C[C@@H](Cc2ccccc2)O[C@H](COCc2ccccc2)[C@H]1OCc1ccccc1. The monoisotopic (exact) mass is 400 g/mol. The Kier molecular flexibility index (Phi) is 7.46. The van der Waals surface area contributed by atoms with E-state index < -0.39 is 0 Å². The first-order valence-corrected chi connectivity index (χ1v) is 10.5. The van der Waals surface area contributed by atoms with Crippen molar-refractivity contribution in [2.24, 2.45) is 0 Å². The molecule has 3 nitrogen and oxygen atoms in total. The van der Waals surface area contributed by atoms with E-state index in [1.807, 2.05) is 42.5 Å². The van der Waals surface area contributed by atoms with Crippen molar-refractivity contribution in [3.8, 4) is 0 Å². The van der Waals surface area contributed by atoms with E-state index in [9.17, 15) is 0 Å². The van der Waals surface area contributed by atoms with Crippen molar-refractivity contribution in [3.63, 3.8) is 0 Å². The van der Waals surface area contributed by atoms with Crippen molar-refractivity contribution < 1.29 is 14.2 Å². The molecule has 3 atom stereocenters. The number of hydrogen-bond acceptors (Lipinski definition) is 3. The summed E-state index contributed by atoms with van der Waals surface area (Å²) in [5.41, 5.74) is 3.58. The van der Waals surface area contributed by atoms with Crippen molar-refractivity contribution in [3.05, 3.63) is 120 Å². The fourth-order valence-electron chi connectivity index (χ4n) is 3.60. The second-order valence-corrected chi connectivity index (χ2v) is 7.55. The molecule has 1 aliphatic rings. The van der Waals surface area contributed by atoms with Crippen LogP contribution in [-0.2, 0) is 33.8 Å². The predicted octanol–water partition coefficient (Wildman–Crippen LogP) is 5.35. The van der Waals surface area contributed by atoms with Gasteiger partial charge in [-0.25, -0.2) is 0 Å². The van der Waals surface area contributed by atoms with Crippen LogP contribution in [0.1, 0.15) is 16.7 Å². The maximum absolute atomic E-state index is 6.39. The molecular weight excluding hydrogens is 372 g/mol. The van der Waals surface area contributed by atoms with E-state index in [2.05, 4.69) is 60.7 Å². The molecule has 0 fully saturated rings. The van der Waals surface area contributed by atoms with E-state index in [0.29, 0.717) is 19.8 Å². The van der Waals surface area contributed by atoms with Crippen molar-refractivity contribution >= 4 is 0 Å². The Morgan fingerprint density at radius 2 is 1.20 bits per heavy atom. The van der Waals surface area contributed by atoms with Crippen LogP contribution in [0.15, 0.2) is 103 Å². The van der Waals surface area contributed by atoms with E-state index >= 15 is 0 Å². The maximum Gasteiger partial charge on any atom is 0.111 e. The summed E-state index contributed by atoms with van der Waals surface area (Å²) in [6.45, 7) is 1.61. The highest BCUT2D eigenvalue weighted by atomic mass is 16.6. The zero-order valence-electron chi connectivity index (χ0n) is 17.1. The molecule has 4 rings (SSSR count). The fourth-order valence-corrected chi connectivity index (χ4v) is 3.60. The van der Waals surface area contributed by atoms with Crippen molar-refractivity contribution in [2.45, 2.75) is 37.9 Å². The quantitative estimate of drug-likeness (QED) is 0.453. The minimum atomic E-state index is -0.142. The summed E-state index contributed by atoms with van der Waals surface area (Å²) in [6, 6.07) is 30.9. The summed E-state index contributed by atoms with van der Waals surface area (Å²) < 4.78 is 18.6. The summed E-state index contributed by atoms with van der Waals surface area (Å²) in [7, 11) is 0. The number of rotatable bonds is 9. The van der Waals surface area contributed by atoms with E-state index in [1.54, 1.807) is 0 Å². The van der Waals surface area contributed by atoms with Gasteiger partial charge in [0.15, 0.2) is 0 Å². The third-order valence-electron chi connectivity index (χ3n) is 5.19. The van der Waals surface area contributed by atoms with Gasteiger partial charge in [-0.15, -0.1) is 0 Å². The molecule has 0 spiro atoms. The van der Waals surface area contributed by atoms with Crippen LogP contribution in [-0.4, -0.2) is 24.9 Å². The normalized spacial score (nSPS) is 20.9. The van der Waals surface area contributed by atoms with Gasteiger partial charge in [-0.3, -0.25) is 0 Å². The zero-order chi connectivity index (χ0) is 20.4. The fraction of sp³-hybridized carbons (Fsp3) is 0.259. The largest absolute Gasteiger partial charge is 0.374 e. The molecule has 0 N–H and O–H groups in total. The summed E-state index contributed by atoms with van der Waals surface area (Å²) in [5.74, 6) is 0. The van der Waals surface area contributed by atoms with E-state index in [-0.39, 0.29) is 18.3 Å². The molecule has 0 aromatic heterocycles. The van der Waals surface area contributed by atoms with Gasteiger partial charge in [-0.2, -0.15) is 0 Å². The van der Waals surface area contributed by atoms with Gasteiger partial charge in [0, 0.05) is 6.42 Å². The molecule has 30 heavy (non-hydrogen) atoms. The Morgan fingerprint density at radius 3 is 1.83 bits per heavy atom. The average molecular weight is 401 g/mol. The Balaban J connectivity index is 1.38. The first-order valence-electron chi connectivity index (χ1n) is 10.5. The van der Waals surface area contributed by atoms with Gasteiger partial charge in [-0.05, 0) is 16.7 Å². The van der Waals surface area contributed by atoms with Crippen LogP contribution in [0.2, 0.25) is 0 Å². The van der Waals surface area contributed by atoms with Gasteiger partial charge in [0.2, 0.25) is 0 Å². The van der Waals surface area contributed by atoms with Crippen LogP contribution in [0, 0.1) is 0 Å². The summed E-state index contributed by atoms with van der Waals surface area (Å²) in [6.07, 6.45) is 4.85. The molecule has 3 heteroatoms. The molecular formula is C27H28O3. The standard InChI is InChI=1S/C27H28O3/c1-4-10-22(11-5-1)18-25-16-17-26(29-20-24-14-8-3-9-15-24)27(30-25)21-28-19-23-12-6-2-7-13-23/h1-17,25-27H,18-21H2/t25-,26-,27+/m0/s1. The van der Waals surface area contributed by atoms with Gasteiger partial charge in [-0.1, -0.05) is 103 Å². The Labute approximate surface area is 178 Å². The van der Waals surface area contributed by atoms with Crippen LogP contribution in [0.4, 0.5) is 0 Å². The van der Waals surface area contributed by atoms with Crippen molar-refractivity contribution in [1.29, 1.82) is 0 Å².